The second-order valence-electron chi connectivity index (χ2n) is 5.14. The molecule has 1 saturated carbocycles. The molecule has 1 aromatic heterocycles. The number of anilines is 1. The largest absolute Gasteiger partial charge is 0.464 e. The monoisotopic (exact) mass is 261 g/mol. The maximum absolute atomic E-state index is 11.7. The van der Waals surface area contributed by atoms with Gasteiger partial charge in [-0.2, -0.15) is 0 Å². The molecule has 0 atom stereocenters. The molecule has 2 heterocycles. The molecular formula is C14H19N3O2. The molecule has 102 valence electrons. The molecule has 3 rings (SSSR count). The second kappa shape index (κ2) is 5.17. The van der Waals surface area contributed by atoms with Crippen LogP contribution in [-0.2, 0) is 4.74 Å². The quantitative estimate of drug-likeness (QED) is 0.827. The average molecular weight is 261 g/mol. The fraction of sp³-hybridized carbons (Fsp3) is 0.571. The Morgan fingerprint density at radius 2 is 2.11 bits per heavy atom. The summed E-state index contributed by atoms with van der Waals surface area (Å²) in [7, 11) is 1.40. The highest BCUT2D eigenvalue weighted by Crippen LogP contribution is 2.40. The van der Waals surface area contributed by atoms with Gasteiger partial charge in [0.05, 0.1) is 7.11 Å². The summed E-state index contributed by atoms with van der Waals surface area (Å²) in [6, 6.07) is 3.98. The molecule has 5 heteroatoms. The number of carbonyl (C=O) groups is 1. The van der Waals surface area contributed by atoms with Gasteiger partial charge in [0.1, 0.15) is 0 Å². The van der Waals surface area contributed by atoms with Crippen molar-refractivity contribution in [1.82, 2.24) is 10.3 Å². The number of piperazine rings is 1. The third-order valence-corrected chi connectivity index (χ3v) is 3.70. The van der Waals surface area contributed by atoms with E-state index in [0.29, 0.717) is 11.6 Å². The van der Waals surface area contributed by atoms with Crippen LogP contribution in [0.4, 0.5) is 5.69 Å². The average Bonchev–Trinajstić information content (AvgIpc) is 3.31. The minimum absolute atomic E-state index is 0.348. The summed E-state index contributed by atoms with van der Waals surface area (Å²) < 4.78 is 4.80. The molecule has 2 aliphatic rings. The zero-order valence-electron chi connectivity index (χ0n) is 11.2. The van der Waals surface area contributed by atoms with Crippen LogP contribution < -0.4 is 10.2 Å². The Bertz CT molecular complexity index is 480. The normalized spacial score (nSPS) is 19.3. The van der Waals surface area contributed by atoms with E-state index in [9.17, 15) is 4.79 Å². The van der Waals surface area contributed by atoms with E-state index in [1.807, 2.05) is 6.07 Å². The zero-order valence-corrected chi connectivity index (χ0v) is 11.2. The number of aromatic nitrogens is 1. The van der Waals surface area contributed by atoms with Gasteiger partial charge < -0.3 is 15.0 Å². The predicted octanol–water partition coefficient (Wildman–Crippen LogP) is 1.16. The van der Waals surface area contributed by atoms with Crippen LogP contribution in [0, 0.1) is 0 Å². The lowest BCUT2D eigenvalue weighted by Gasteiger charge is -2.29. The van der Waals surface area contributed by atoms with Crippen LogP contribution in [0.3, 0.4) is 0 Å². The van der Waals surface area contributed by atoms with Gasteiger partial charge in [-0.05, 0) is 25.0 Å². The third-order valence-electron chi connectivity index (χ3n) is 3.70. The minimum Gasteiger partial charge on any atom is -0.464 e. The number of hydrogen-bond acceptors (Lipinski definition) is 5. The van der Waals surface area contributed by atoms with E-state index in [2.05, 4.69) is 21.3 Å². The molecule has 19 heavy (non-hydrogen) atoms. The summed E-state index contributed by atoms with van der Waals surface area (Å²) in [5.74, 6) is 0.185. The predicted molar refractivity (Wildman–Crippen MR) is 72.6 cm³/mol. The Labute approximate surface area is 113 Å². The van der Waals surface area contributed by atoms with Crippen LogP contribution in [0.15, 0.2) is 12.1 Å². The van der Waals surface area contributed by atoms with E-state index >= 15 is 0 Å². The van der Waals surface area contributed by atoms with Gasteiger partial charge in [-0.25, -0.2) is 9.78 Å². The highest BCUT2D eigenvalue weighted by Gasteiger charge is 2.27. The first-order valence-electron chi connectivity index (χ1n) is 6.84. The molecule has 0 radical (unpaired) electrons. The molecular weight excluding hydrogens is 242 g/mol. The lowest BCUT2D eigenvalue weighted by molar-refractivity contribution is 0.0594. The number of hydrogen-bond donors (Lipinski definition) is 1. The number of nitrogens with zero attached hydrogens (tertiary/aromatic N) is 2. The van der Waals surface area contributed by atoms with Gasteiger partial charge >= 0.3 is 5.97 Å². The second-order valence-corrected chi connectivity index (χ2v) is 5.14. The standard InChI is InChI=1S/C14H19N3O2/c1-19-14(18)13-9-11(17-6-4-15-5-7-17)8-12(16-13)10-2-3-10/h8-10,15H,2-7H2,1H3. The van der Waals surface area contributed by atoms with Crippen molar-refractivity contribution in [3.8, 4) is 0 Å². The van der Waals surface area contributed by atoms with Crippen LogP contribution in [0.1, 0.15) is 34.9 Å². The molecule has 0 amide bonds. The van der Waals surface area contributed by atoms with Crippen molar-refractivity contribution >= 4 is 11.7 Å². The van der Waals surface area contributed by atoms with Crippen molar-refractivity contribution in [3.05, 3.63) is 23.5 Å². The molecule has 0 aromatic carbocycles. The molecule has 1 aliphatic heterocycles. The Morgan fingerprint density at radius 1 is 1.37 bits per heavy atom. The molecule has 1 N–H and O–H groups in total. The van der Waals surface area contributed by atoms with Gasteiger partial charge in [-0.1, -0.05) is 0 Å². The molecule has 0 unspecified atom stereocenters. The maximum Gasteiger partial charge on any atom is 0.356 e. The summed E-state index contributed by atoms with van der Waals surface area (Å²) in [5, 5.41) is 3.33. The lowest BCUT2D eigenvalue weighted by Crippen LogP contribution is -2.43. The summed E-state index contributed by atoms with van der Waals surface area (Å²) >= 11 is 0. The van der Waals surface area contributed by atoms with Gasteiger partial charge in [0.2, 0.25) is 0 Å². The minimum atomic E-state index is -0.348. The van der Waals surface area contributed by atoms with Gasteiger partial charge in [0.15, 0.2) is 5.69 Å². The number of nitrogens with one attached hydrogen (secondary N) is 1. The Kier molecular flexibility index (Phi) is 3.38. The first-order valence-corrected chi connectivity index (χ1v) is 6.84. The number of carbonyl (C=O) groups excluding carboxylic acids is 1. The summed E-state index contributed by atoms with van der Waals surface area (Å²) in [6.45, 7) is 3.90. The fourth-order valence-corrected chi connectivity index (χ4v) is 2.44. The molecule has 1 aromatic rings. The Balaban J connectivity index is 1.92. The van der Waals surface area contributed by atoms with Crippen LogP contribution >= 0.6 is 0 Å². The van der Waals surface area contributed by atoms with Crippen LogP contribution in [0.5, 0.6) is 0 Å². The van der Waals surface area contributed by atoms with E-state index in [-0.39, 0.29) is 5.97 Å². The SMILES string of the molecule is COC(=O)c1cc(N2CCNCC2)cc(C2CC2)n1. The molecule has 1 aliphatic carbocycles. The number of methoxy groups -OCH3 is 1. The summed E-state index contributed by atoms with van der Waals surface area (Å²) in [4.78, 5) is 18.5. The Hall–Kier alpha value is -1.62. The van der Waals surface area contributed by atoms with Gasteiger partial charge in [0.25, 0.3) is 0 Å². The van der Waals surface area contributed by atoms with E-state index in [0.717, 1.165) is 37.6 Å². The highest BCUT2D eigenvalue weighted by atomic mass is 16.5. The van der Waals surface area contributed by atoms with Crippen LogP contribution in [-0.4, -0.2) is 44.2 Å². The van der Waals surface area contributed by atoms with Crippen molar-refractivity contribution in [2.45, 2.75) is 18.8 Å². The maximum atomic E-state index is 11.7. The van der Waals surface area contributed by atoms with Gasteiger partial charge in [-0.3, -0.25) is 0 Å². The first-order chi connectivity index (χ1) is 9.28. The highest BCUT2D eigenvalue weighted by molar-refractivity contribution is 5.88. The van der Waals surface area contributed by atoms with E-state index < -0.39 is 0 Å². The van der Waals surface area contributed by atoms with Crippen molar-refractivity contribution in [2.75, 3.05) is 38.2 Å². The summed E-state index contributed by atoms with van der Waals surface area (Å²) in [5.41, 5.74) is 2.57. The van der Waals surface area contributed by atoms with Crippen LogP contribution in [0.25, 0.3) is 0 Å². The van der Waals surface area contributed by atoms with Crippen molar-refractivity contribution in [1.29, 1.82) is 0 Å². The molecule has 2 fully saturated rings. The van der Waals surface area contributed by atoms with Crippen molar-refractivity contribution < 1.29 is 9.53 Å². The van der Waals surface area contributed by atoms with Gasteiger partial charge in [0, 0.05) is 43.5 Å². The first kappa shape index (κ1) is 12.4. The topological polar surface area (TPSA) is 54.5 Å². The number of rotatable bonds is 3. The van der Waals surface area contributed by atoms with Crippen molar-refractivity contribution in [2.24, 2.45) is 0 Å². The molecule has 5 nitrogen and oxygen atoms in total. The molecule has 0 spiro atoms. The van der Waals surface area contributed by atoms with Crippen molar-refractivity contribution in [3.63, 3.8) is 0 Å². The Morgan fingerprint density at radius 3 is 2.74 bits per heavy atom. The lowest BCUT2D eigenvalue weighted by atomic mass is 10.2. The van der Waals surface area contributed by atoms with E-state index in [4.69, 9.17) is 4.74 Å². The van der Waals surface area contributed by atoms with E-state index in [1.165, 1.54) is 20.0 Å². The number of pyridine rings is 1. The summed E-state index contributed by atoms with van der Waals surface area (Å²) in [6.07, 6.45) is 2.36. The smallest absolute Gasteiger partial charge is 0.356 e. The molecule has 0 bridgehead atoms. The zero-order chi connectivity index (χ0) is 13.2. The number of ether oxygens (including phenoxy) is 1. The number of esters is 1. The van der Waals surface area contributed by atoms with Gasteiger partial charge in [-0.15, -0.1) is 0 Å². The molecule has 1 saturated heterocycles. The fourth-order valence-electron chi connectivity index (χ4n) is 2.44. The van der Waals surface area contributed by atoms with Crippen LogP contribution in [0.2, 0.25) is 0 Å². The van der Waals surface area contributed by atoms with E-state index in [1.54, 1.807) is 0 Å². The third kappa shape index (κ3) is 2.71.